The van der Waals surface area contributed by atoms with E-state index in [-0.39, 0.29) is 24.8 Å². The minimum Gasteiger partial charge on any atom is -0.386 e. The van der Waals surface area contributed by atoms with Gasteiger partial charge in [-0.1, -0.05) is 0 Å². The number of benzene rings is 2. The highest BCUT2D eigenvalue weighted by Gasteiger charge is 2.45. The molecule has 3 saturated heterocycles. The number of nitrogens with one attached hydrogen (secondary N) is 2. The van der Waals surface area contributed by atoms with Crippen molar-refractivity contribution in [3.63, 3.8) is 0 Å². The Labute approximate surface area is 369 Å². The van der Waals surface area contributed by atoms with Crippen molar-refractivity contribution < 1.29 is 29.1 Å². The molecular weight excluding hydrogens is 815 g/mol. The van der Waals surface area contributed by atoms with Gasteiger partial charge in [0.15, 0.2) is 0 Å². The maximum Gasteiger partial charge on any atom is 0.274 e. The molecule has 330 valence electrons. The Kier molecular flexibility index (Phi) is 10.5. The van der Waals surface area contributed by atoms with Crippen molar-refractivity contribution in [2.45, 2.75) is 95.0 Å². The summed E-state index contributed by atoms with van der Waals surface area (Å²) in [4.78, 5) is 72.9. The normalized spacial score (nSPS) is 22.9. The summed E-state index contributed by atoms with van der Waals surface area (Å²) in [6.45, 7) is 9.21. The predicted molar refractivity (Wildman–Crippen MR) is 236 cm³/mol. The summed E-state index contributed by atoms with van der Waals surface area (Å²) >= 11 is 0. The van der Waals surface area contributed by atoms with Crippen LogP contribution in [0.3, 0.4) is 0 Å². The van der Waals surface area contributed by atoms with Crippen molar-refractivity contribution in [3.8, 4) is 6.07 Å². The number of nitriles is 1. The van der Waals surface area contributed by atoms with Crippen LogP contribution in [0.5, 0.6) is 0 Å². The minimum atomic E-state index is -1.25. The second kappa shape index (κ2) is 16.3. The largest absolute Gasteiger partial charge is 0.386 e. The third-order valence-electron chi connectivity index (χ3n) is 14.1. The van der Waals surface area contributed by atoms with E-state index < -0.39 is 35.3 Å². The van der Waals surface area contributed by atoms with Crippen LogP contribution in [-0.2, 0) is 15.2 Å². The van der Waals surface area contributed by atoms with Gasteiger partial charge in [-0.3, -0.25) is 48.7 Å². The van der Waals surface area contributed by atoms with E-state index in [9.17, 15) is 34.3 Å². The summed E-state index contributed by atoms with van der Waals surface area (Å²) in [5.41, 5.74) is 3.44. The van der Waals surface area contributed by atoms with Crippen LogP contribution in [0.1, 0.15) is 114 Å². The standard InChI is InChI=1S/C47H51N11O6/c1-47(2,64)37-24-38-29(22-39(37)50-44(61)41-10-8-34-21-28(25-48)26-49-58(34)41)27-56(52-38)32-5-3-30(4-6-32)54-17-19-55(20-18-54)31-13-15-53(16-14-31)33-7-9-35-36(23-33)46(63)57(45(35)62)40-11-12-42(59)51-43(40)60/h7-10,21-24,26-27,30-32,40,64H,3-6,11-20H2,1-2H3,(H,50,61)(H,51,59,60)/t30-,32-,40?. The van der Waals surface area contributed by atoms with Gasteiger partial charge in [0, 0.05) is 86.3 Å². The van der Waals surface area contributed by atoms with E-state index in [0.717, 1.165) is 99.3 Å². The molecule has 2 aromatic carbocycles. The zero-order valence-corrected chi connectivity index (χ0v) is 36.0. The van der Waals surface area contributed by atoms with Gasteiger partial charge in [-0.05, 0) is 107 Å². The summed E-state index contributed by atoms with van der Waals surface area (Å²) in [5.74, 6) is -2.34. The van der Waals surface area contributed by atoms with Crippen LogP contribution >= 0.6 is 0 Å². The molecule has 3 N–H and O–H groups in total. The van der Waals surface area contributed by atoms with Crippen LogP contribution in [-0.4, -0.2) is 126 Å². The van der Waals surface area contributed by atoms with E-state index in [1.54, 1.807) is 44.2 Å². The first kappa shape index (κ1) is 41.5. The number of piperidine rings is 2. The fourth-order valence-corrected chi connectivity index (χ4v) is 10.6. The number of piperazine rings is 1. The van der Waals surface area contributed by atoms with Gasteiger partial charge < -0.3 is 15.3 Å². The second-order valence-corrected chi connectivity index (χ2v) is 18.4. The highest BCUT2D eigenvalue weighted by atomic mass is 16.3. The van der Waals surface area contributed by atoms with Gasteiger partial charge in [0.1, 0.15) is 17.8 Å². The molecule has 3 aromatic heterocycles. The summed E-state index contributed by atoms with van der Waals surface area (Å²) < 4.78 is 3.56. The van der Waals surface area contributed by atoms with Crippen LogP contribution in [0.4, 0.5) is 11.4 Å². The third-order valence-corrected chi connectivity index (χ3v) is 14.1. The molecule has 17 nitrogen and oxygen atoms in total. The monoisotopic (exact) mass is 865 g/mol. The number of hydrogen-bond acceptors (Lipinski definition) is 12. The molecule has 1 atom stereocenters. The third kappa shape index (κ3) is 7.58. The van der Waals surface area contributed by atoms with Crippen molar-refractivity contribution in [1.29, 1.82) is 5.26 Å². The van der Waals surface area contributed by atoms with Crippen LogP contribution in [0, 0.1) is 11.3 Å². The highest BCUT2D eigenvalue weighted by molar-refractivity contribution is 6.23. The quantitative estimate of drug-likeness (QED) is 0.188. The van der Waals surface area contributed by atoms with Gasteiger partial charge in [-0.2, -0.15) is 15.5 Å². The number of rotatable bonds is 8. The second-order valence-electron chi connectivity index (χ2n) is 18.4. The molecule has 5 aliphatic rings. The number of carbonyl (C=O) groups excluding carboxylic acids is 5. The van der Waals surface area contributed by atoms with Crippen LogP contribution in [0.25, 0.3) is 16.4 Å². The Morgan fingerprint density at radius 1 is 0.828 bits per heavy atom. The van der Waals surface area contributed by atoms with E-state index in [4.69, 9.17) is 5.10 Å². The topological polar surface area (TPSA) is 202 Å². The first-order chi connectivity index (χ1) is 30.8. The molecular formula is C47H51N11O6. The maximum atomic E-state index is 13.6. The molecule has 0 spiro atoms. The lowest BCUT2D eigenvalue weighted by atomic mass is 9.89. The van der Waals surface area contributed by atoms with Gasteiger partial charge in [0.2, 0.25) is 11.8 Å². The average Bonchev–Trinajstić information content (AvgIpc) is 3.99. The van der Waals surface area contributed by atoms with Gasteiger partial charge in [0.25, 0.3) is 17.7 Å². The van der Waals surface area contributed by atoms with Crippen molar-refractivity contribution >= 4 is 57.3 Å². The predicted octanol–water partition coefficient (Wildman–Crippen LogP) is 4.21. The number of aliphatic hydroxyl groups is 1. The number of fused-ring (bicyclic) bond motifs is 3. The summed E-state index contributed by atoms with van der Waals surface area (Å²) in [6, 6.07) is 16.6. The van der Waals surface area contributed by atoms with E-state index >= 15 is 0 Å². The lowest BCUT2D eigenvalue weighted by Crippen LogP contribution is -2.55. The molecule has 17 heteroatoms. The fourth-order valence-electron chi connectivity index (χ4n) is 10.6. The molecule has 4 aliphatic heterocycles. The molecule has 10 rings (SSSR count). The van der Waals surface area contributed by atoms with Crippen LogP contribution in [0.2, 0.25) is 0 Å². The van der Waals surface area contributed by atoms with E-state index in [2.05, 4.69) is 41.2 Å². The molecule has 1 unspecified atom stereocenters. The van der Waals surface area contributed by atoms with Gasteiger partial charge >= 0.3 is 0 Å². The molecule has 64 heavy (non-hydrogen) atoms. The number of carbonyl (C=O) groups is 5. The Balaban J connectivity index is 0.719. The molecule has 1 saturated carbocycles. The van der Waals surface area contributed by atoms with E-state index in [1.807, 2.05) is 24.4 Å². The first-order valence-electron chi connectivity index (χ1n) is 22.4. The van der Waals surface area contributed by atoms with Crippen molar-refractivity contribution in [2.24, 2.45) is 0 Å². The molecule has 0 radical (unpaired) electrons. The summed E-state index contributed by atoms with van der Waals surface area (Å²) in [7, 11) is 0. The first-order valence-corrected chi connectivity index (χ1v) is 22.4. The fraction of sp³-hybridized carbons (Fsp3) is 0.447. The lowest BCUT2D eigenvalue weighted by Gasteiger charge is -2.46. The molecule has 7 heterocycles. The number of hydrogen-bond donors (Lipinski definition) is 3. The Morgan fingerprint density at radius 2 is 1.52 bits per heavy atom. The van der Waals surface area contributed by atoms with E-state index in [0.29, 0.717) is 51.2 Å². The molecule has 1 aliphatic carbocycles. The average molecular weight is 866 g/mol. The number of anilines is 2. The van der Waals surface area contributed by atoms with Crippen molar-refractivity contribution in [3.05, 3.63) is 88.9 Å². The maximum absolute atomic E-state index is 13.6. The van der Waals surface area contributed by atoms with Crippen molar-refractivity contribution in [2.75, 3.05) is 49.5 Å². The highest BCUT2D eigenvalue weighted by Crippen LogP contribution is 2.37. The number of amides is 5. The van der Waals surface area contributed by atoms with Crippen LogP contribution in [0.15, 0.2) is 60.9 Å². The summed E-state index contributed by atoms with van der Waals surface area (Å²) in [6.07, 6.45) is 9.92. The number of imide groups is 2. The SMILES string of the molecule is CC(C)(O)c1cc2nn([C@H]3CC[C@H](N4CCN(C5CCN(c6ccc7c(c6)C(=O)N(C6CCC(=O)NC6=O)C7=O)CC5)CC4)CC3)cc2cc1NC(=O)c1ccc2cc(C#N)cnn12. The smallest absolute Gasteiger partial charge is 0.274 e. The van der Waals surface area contributed by atoms with Gasteiger partial charge in [0.05, 0.1) is 45.6 Å². The number of aromatic nitrogens is 4. The molecule has 5 aromatic rings. The Morgan fingerprint density at radius 3 is 2.20 bits per heavy atom. The Hall–Kier alpha value is -6.48. The van der Waals surface area contributed by atoms with Crippen LogP contribution < -0.4 is 15.5 Å². The Bertz CT molecular complexity index is 2760. The zero-order chi connectivity index (χ0) is 44.4. The van der Waals surface area contributed by atoms with Gasteiger partial charge in [-0.25, -0.2) is 4.52 Å². The molecule has 0 bridgehead atoms. The van der Waals surface area contributed by atoms with Gasteiger partial charge in [-0.15, -0.1) is 0 Å². The zero-order valence-electron chi connectivity index (χ0n) is 36.0. The lowest BCUT2D eigenvalue weighted by molar-refractivity contribution is -0.136. The molecule has 4 fully saturated rings. The van der Waals surface area contributed by atoms with Crippen molar-refractivity contribution in [1.82, 2.24) is 39.4 Å². The number of nitrogens with zero attached hydrogens (tertiary/aromatic N) is 9. The van der Waals surface area contributed by atoms with E-state index in [1.165, 1.54) is 10.7 Å². The summed E-state index contributed by atoms with van der Waals surface area (Å²) in [5, 5.41) is 35.8. The molecule has 5 amide bonds. The minimum absolute atomic E-state index is 0.0912.